The lowest BCUT2D eigenvalue weighted by Crippen LogP contribution is -2.20. The Hall–Kier alpha value is -3.20. The molecule has 2 amide bonds. The Morgan fingerprint density at radius 1 is 0.929 bits per heavy atom. The van der Waals surface area contributed by atoms with Crippen molar-refractivity contribution in [2.75, 3.05) is 16.4 Å². The van der Waals surface area contributed by atoms with E-state index in [4.69, 9.17) is 5.73 Å². The number of hydrogen-bond acceptors (Lipinski definition) is 4. The Kier molecular flexibility index (Phi) is 5.07. The maximum Gasteiger partial charge on any atom is 0.323 e. The molecule has 3 aromatic carbocycles. The van der Waals surface area contributed by atoms with Gasteiger partial charge in [-0.1, -0.05) is 30.3 Å². The molecule has 0 aliphatic rings. The quantitative estimate of drug-likeness (QED) is 0.280. The van der Waals surface area contributed by atoms with Crippen molar-refractivity contribution in [1.82, 2.24) is 9.97 Å². The molecule has 0 radical (unpaired) electrons. The van der Waals surface area contributed by atoms with Crippen LogP contribution in [0.4, 0.5) is 21.9 Å². The number of hydrogen-bond donors (Lipinski definition) is 3. The van der Waals surface area contributed by atoms with Crippen LogP contribution in [0.3, 0.4) is 0 Å². The number of nitrogens with zero attached hydrogens (tertiary/aromatic N) is 2. The number of aromatic nitrogens is 2. The number of halogens is 1. The second-order valence-electron chi connectivity index (χ2n) is 6.14. The van der Waals surface area contributed by atoms with Crippen LogP contribution in [0.25, 0.3) is 22.2 Å². The second-order valence-corrected chi connectivity index (χ2v) is 7.30. The monoisotopic (exact) mass is 481 g/mol. The predicted molar refractivity (Wildman–Crippen MR) is 121 cm³/mol. The topological polar surface area (TPSA) is 92.9 Å². The lowest BCUT2D eigenvalue weighted by molar-refractivity contribution is 0.262. The molecule has 4 N–H and O–H groups in total. The molecule has 0 bridgehead atoms. The first-order valence-corrected chi connectivity index (χ1v) is 9.61. The van der Waals surface area contributed by atoms with Crippen LogP contribution in [-0.4, -0.2) is 16.0 Å². The number of nitrogens with one attached hydrogen (secondary N) is 2. The molecule has 0 spiro atoms. The molecule has 138 valence electrons. The van der Waals surface area contributed by atoms with Crippen LogP contribution in [0.2, 0.25) is 0 Å². The minimum absolute atomic E-state index is 0.326. The molecule has 0 saturated heterocycles. The smallest absolute Gasteiger partial charge is 0.323 e. The molecule has 1 heterocycles. The number of nitrogen functional groups attached to an aromatic ring is 1. The van der Waals surface area contributed by atoms with E-state index in [1.54, 1.807) is 24.5 Å². The fraction of sp³-hybridized carbons (Fsp3) is 0. The van der Waals surface area contributed by atoms with Crippen LogP contribution in [0.1, 0.15) is 0 Å². The van der Waals surface area contributed by atoms with Crippen LogP contribution in [0.15, 0.2) is 73.1 Å². The average molecular weight is 481 g/mol. The number of fused-ring (bicyclic) bond motifs is 1. The summed E-state index contributed by atoms with van der Waals surface area (Å²) >= 11 is 2.13. The Bertz CT molecular complexity index is 1170. The van der Waals surface area contributed by atoms with E-state index in [9.17, 15) is 4.79 Å². The highest BCUT2D eigenvalue weighted by molar-refractivity contribution is 14.1. The largest absolute Gasteiger partial charge is 0.399 e. The van der Waals surface area contributed by atoms with Crippen LogP contribution in [-0.2, 0) is 0 Å². The highest BCUT2D eigenvalue weighted by Crippen LogP contribution is 2.27. The number of urea groups is 1. The molecular formula is C21H16IN5O. The summed E-state index contributed by atoms with van der Waals surface area (Å²) in [5.74, 6) is 0. The summed E-state index contributed by atoms with van der Waals surface area (Å²) in [5.41, 5.74) is 10.4. The van der Waals surface area contributed by atoms with Crippen LogP contribution in [0.5, 0.6) is 0 Å². The van der Waals surface area contributed by atoms with Gasteiger partial charge in [0.15, 0.2) is 0 Å². The molecule has 4 aromatic rings. The van der Waals surface area contributed by atoms with Gasteiger partial charge in [-0.2, -0.15) is 0 Å². The van der Waals surface area contributed by atoms with E-state index < -0.39 is 0 Å². The molecule has 0 atom stereocenters. The number of para-hydroxylation sites is 1. The minimum atomic E-state index is -0.326. The SMILES string of the molecule is Nc1ccc(NC(=O)Nc2cccc(-c3ncnc4ccccc34)c2)c(I)c1. The maximum atomic E-state index is 12.4. The molecule has 0 unspecified atom stereocenters. The summed E-state index contributed by atoms with van der Waals surface area (Å²) in [5, 5.41) is 6.66. The summed E-state index contributed by atoms with van der Waals surface area (Å²) < 4.78 is 0.869. The van der Waals surface area contributed by atoms with Gasteiger partial charge in [-0.05, 0) is 59.0 Å². The van der Waals surface area contributed by atoms with Crippen molar-refractivity contribution >= 4 is 56.6 Å². The predicted octanol–water partition coefficient (Wildman–Crippen LogP) is 5.13. The first-order valence-electron chi connectivity index (χ1n) is 8.53. The Balaban J connectivity index is 1.58. The molecule has 0 aliphatic carbocycles. The molecule has 0 aliphatic heterocycles. The van der Waals surface area contributed by atoms with E-state index in [0.29, 0.717) is 17.1 Å². The molecule has 6 nitrogen and oxygen atoms in total. The van der Waals surface area contributed by atoms with E-state index in [1.807, 2.05) is 48.5 Å². The fourth-order valence-corrected chi connectivity index (χ4v) is 3.57. The lowest BCUT2D eigenvalue weighted by Gasteiger charge is -2.11. The van der Waals surface area contributed by atoms with Gasteiger partial charge in [-0.3, -0.25) is 0 Å². The van der Waals surface area contributed by atoms with E-state index in [2.05, 4.69) is 43.2 Å². The maximum absolute atomic E-state index is 12.4. The van der Waals surface area contributed by atoms with Gasteiger partial charge >= 0.3 is 6.03 Å². The third-order valence-electron chi connectivity index (χ3n) is 4.18. The van der Waals surface area contributed by atoms with Gasteiger partial charge in [0.25, 0.3) is 0 Å². The average Bonchev–Trinajstić information content (AvgIpc) is 2.70. The van der Waals surface area contributed by atoms with Crippen LogP contribution < -0.4 is 16.4 Å². The number of amides is 2. The van der Waals surface area contributed by atoms with Gasteiger partial charge in [0.2, 0.25) is 0 Å². The van der Waals surface area contributed by atoms with Gasteiger partial charge < -0.3 is 16.4 Å². The van der Waals surface area contributed by atoms with Crippen LogP contribution >= 0.6 is 22.6 Å². The van der Waals surface area contributed by atoms with Crippen molar-refractivity contribution in [2.24, 2.45) is 0 Å². The fourth-order valence-electron chi connectivity index (χ4n) is 2.90. The number of anilines is 3. The highest BCUT2D eigenvalue weighted by atomic mass is 127. The van der Waals surface area contributed by atoms with Crippen molar-refractivity contribution in [1.29, 1.82) is 0 Å². The lowest BCUT2D eigenvalue weighted by atomic mass is 10.1. The summed E-state index contributed by atoms with van der Waals surface area (Å²) in [4.78, 5) is 21.1. The third-order valence-corrected chi connectivity index (χ3v) is 5.07. The Morgan fingerprint density at radius 3 is 2.64 bits per heavy atom. The van der Waals surface area contributed by atoms with Crippen molar-refractivity contribution in [3.05, 3.63) is 76.6 Å². The minimum Gasteiger partial charge on any atom is -0.399 e. The standard InChI is InChI=1S/C21H16IN5O/c22-17-11-14(23)8-9-19(17)27-21(28)26-15-5-3-4-13(10-15)20-16-6-1-2-7-18(16)24-12-25-20/h1-12H,23H2,(H2,26,27,28). The summed E-state index contributed by atoms with van der Waals surface area (Å²) in [6.07, 6.45) is 1.55. The zero-order valence-electron chi connectivity index (χ0n) is 14.7. The van der Waals surface area contributed by atoms with E-state index in [1.165, 1.54) is 0 Å². The molecule has 28 heavy (non-hydrogen) atoms. The third kappa shape index (κ3) is 3.89. The van der Waals surface area contributed by atoms with Gasteiger partial charge in [0.05, 0.1) is 16.9 Å². The van der Waals surface area contributed by atoms with Gasteiger partial charge in [0.1, 0.15) is 6.33 Å². The van der Waals surface area contributed by atoms with Gasteiger partial charge in [-0.15, -0.1) is 0 Å². The molecule has 0 saturated carbocycles. The molecule has 4 rings (SSSR count). The van der Waals surface area contributed by atoms with Crippen molar-refractivity contribution in [2.45, 2.75) is 0 Å². The second kappa shape index (κ2) is 7.81. The molecule has 0 fully saturated rings. The molecular weight excluding hydrogens is 465 g/mol. The molecule has 1 aromatic heterocycles. The van der Waals surface area contributed by atoms with E-state index >= 15 is 0 Å². The van der Waals surface area contributed by atoms with Crippen molar-refractivity contribution < 1.29 is 4.79 Å². The first kappa shape index (κ1) is 18.2. The number of carbonyl (C=O) groups is 1. The number of rotatable bonds is 3. The van der Waals surface area contributed by atoms with Gasteiger partial charge in [0, 0.05) is 25.9 Å². The Morgan fingerprint density at radius 2 is 1.79 bits per heavy atom. The van der Waals surface area contributed by atoms with Crippen molar-refractivity contribution in [3.8, 4) is 11.3 Å². The van der Waals surface area contributed by atoms with E-state index in [0.717, 1.165) is 25.7 Å². The highest BCUT2D eigenvalue weighted by Gasteiger charge is 2.09. The summed E-state index contributed by atoms with van der Waals surface area (Å²) in [6, 6.07) is 20.4. The first-order chi connectivity index (χ1) is 13.6. The van der Waals surface area contributed by atoms with Crippen molar-refractivity contribution in [3.63, 3.8) is 0 Å². The van der Waals surface area contributed by atoms with Gasteiger partial charge in [-0.25, -0.2) is 14.8 Å². The van der Waals surface area contributed by atoms with Crippen LogP contribution in [0, 0.1) is 3.57 Å². The zero-order valence-corrected chi connectivity index (χ0v) is 16.8. The summed E-state index contributed by atoms with van der Waals surface area (Å²) in [6.45, 7) is 0. The summed E-state index contributed by atoms with van der Waals surface area (Å²) in [7, 11) is 0. The number of nitrogens with two attached hydrogens (primary N) is 1. The normalized spacial score (nSPS) is 10.6. The number of benzene rings is 3. The number of carbonyl (C=O) groups excluding carboxylic acids is 1. The zero-order chi connectivity index (χ0) is 19.5. The van der Waals surface area contributed by atoms with E-state index in [-0.39, 0.29) is 6.03 Å². The molecule has 7 heteroatoms. The Labute approximate surface area is 175 Å².